The van der Waals surface area contributed by atoms with Gasteiger partial charge in [0, 0.05) is 12.3 Å². The molecule has 1 N–H and O–H groups in total. The van der Waals surface area contributed by atoms with Crippen LogP contribution >= 0.6 is 0 Å². The van der Waals surface area contributed by atoms with E-state index >= 15 is 0 Å². The molecule has 0 aliphatic carbocycles. The normalized spacial score (nSPS) is 11.7. The molecule has 8 heteroatoms. The summed E-state index contributed by atoms with van der Waals surface area (Å²) in [5.41, 5.74) is -2.72. The molecule has 0 saturated heterocycles. The second kappa shape index (κ2) is 3.83. The zero-order chi connectivity index (χ0) is 13.5. The topological polar surface area (TPSA) is 71.7 Å². The highest BCUT2D eigenvalue weighted by Crippen LogP contribution is 2.29. The number of aromatic nitrogens is 2. The summed E-state index contributed by atoms with van der Waals surface area (Å²) in [6.45, 7) is 0. The molecule has 2 aromatic rings. The van der Waals surface area contributed by atoms with Gasteiger partial charge in [0.15, 0.2) is 5.69 Å². The van der Waals surface area contributed by atoms with Crippen molar-refractivity contribution >= 4 is 11.6 Å². The first-order valence-corrected chi connectivity index (χ1v) is 4.63. The van der Waals surface area contributed by atoms with Crippen LogP contribution in [-0.2, 0) is 6.18 Å². The predicted molar refractivity (Wildman–Crippen MR) is 53.4 cm³/mol. The summed E-state index contributed by atoms with van der Waals surface area (Å²) < 4.78 is 38.2. The van der Waals surface area contributed by atoms with E-state index in [9.17, 15) is 22.8 Å². The van der Waals surface area contributed by atoms with Gasteiger partial charge in [-0.2, -0.15) is 13.2 Å². The van der Waals surface area contributed by atoms with Gasteiger partial charge in [0.1, 0.15) is 5.65 Å². The van der Waals surface area contributed by atoms with Crippen LogP contribution in [0.15, 0.2) is 29.2 Å². The van der Waals surface area contributed by atoms with Gasteiger partial charge < -0.3 is 5.11 Å². The number of hydrogen-bond acceptors (Lipinski definition) is 3. The Morgan fingerprint density at radius 3 is 2.56 bits per heavy atom. The number of fused-ring (bicyclic) bond motifs is 1. The maximum Gasteiger partial charge on any atom is 0.416 e. The standard InChI is InChI=1S/C10H5F3N2O3/c11-10(12,13)5-1-2-15-7(3-5)14-6(9(17)18)4-8(15)16/h1-4H,(H,17,18). The van der Waals surface area contributed by atoms with Gasteiger partial charge in [-0.15, -0.1) is 0 Å². The quantitative estimate of drug-likeness (QED) is 0.839. The lowest BCUT2D eigenvalue weighted by Gasteiger charge is -2.08. The van der Waals surface area contributed by atoms with Crippen LogP contribution in [0.1, 0.15) is 16.1 Å². The van der Waals surface area contributed by atoms with Crippen molar-refractivity contribution in [1.29, 1.82) is 0 Å². The first-order valence-electron chi connectivity index (χ1n) is 4.63. The van der Waals surface area contributed by atoms with Crippen molar-refractivity contribution in [3.63, 3.8) is 0 Å². The lowest BCUT2D eigenvalue weighted by atomic mass is 10.2. The van der Waals surface area contributed by atoms with E-state index in [4.69, 9.17) is 5.11 Å². The Morgan fingerprint density at radius 2 is 2.00 bits per heavy atom. The van der Waals surface area contributed by atoms with Crippen LogP contribution in [0.2, 0.25) is 0 Å². The summed E-state index contributed by atoms with van der Waals surface area (Å²) in [6.07, 6.45) is -3.68. The van der Waals surface area contributed by atoms with Crippen LogP contribution in [0, 0.1) is 0 Å². The van der Waals surface area contributed by atoms with Crippen molar-refractivity contribution in [1.82, 2.24) is 9.38 Å². The van der Waals surface area contributed by atoms with Gasteiger partial charge in [-0.05, 0) is 12.1 Å². The molecule has 0 amide bonds. The van der Waals surface area contributed by atoms with Crippen LogP contribution in [0.3, 0.4) is 0 Å². The van der Waals surface area contributed by atoms with Crippen LogP contribution < -0.4 is 5.56 Å². The summed E-state index contributed by atoms with van der Waals surface area (Å²) in [5, 5.41) is 8.67. The molecular formula is C10H5F3N2O3. The number of halogens is 3. The highest BCUT2D eigenvalue weighted by Gasteiger charge is 2.30. The maximum atomic E-state index is 12.4. The number of pyridine rings is 1. The highest BCUT2D eigenvalue weighted by molar-refractivity contribution is 5.85. The molecule has 0 fully saturated rings. The Kier molecular flexibility index (Phi) is 2.57. The van der Waals surface area contributed by atoms with Crippen LogP contribution in [0.5, 0.6) is 0 Å². The summed E-state index contributed by atoms with van der Waals surface area (Å²) in [7, 11) is 0. The molecule has 2 heterocycles. The Bertz CT molecular complexity index is 691. The molecule has 0 spiro atoms. The largest absolute Gasteiger partial charge is 0.477 e. The van der Waals surface area contributed by atoms with Crippen molar-refractivity contribution in [2.75, 3.05) is 0 Å². The number of hydrogen-bond donors (Lipinski definition) is 1. The van der Waals surface area contributed by atoms with E-state index in [1.807, 2.05) is 0 Å². The minimum absolute atomic E-state index is 0.366. The van der Waals surface area contributed by atoms with E-state index in [0.29, 0.717) is 6.07 Å². The van der Waals surface area contributed by atoms with Crippen LogP contribution in [0.25, 0.3) is 5.65 Å². The number of aromatic carboxylic acids is 1. The second-order valence-corrected chi connectivity index (χ2v) is 3.43. The lowest BCUT2D eigenvalue weighted by Crippen LogP contribution is -2.18. The van der Waals surface area contributed by atoms with E-state index in [1.165, 1.54) is 0 Å². The van der Waals surface area contributed by atoms with Crippen molar-refractivity contribution in [2.24, 2.45) is 0 Å². The number of carboxylic acids is 1. The van der Waals surface area contributed by atoms with E-state index in [1.54, 1.807) is 0 Å². The van der Waals surface area contributed by atoms with Crippen molar-refractivity contribution in [3.05, 3.63) is 46.0 Å². The zero-order valence-electron chi connectivity index (χ0n) is 8.60. The van der Waals surface area contributed by atoms with E-state index in [-0.39, 0.29) is 5.65 Å². The Balaban J connectivity index is 2.76. The van der Waals surface area contributed by atoms with Gasteiger partial charge in [-0.1, -0.05) is 0 Å². The first-order chi connectivity index (χ1) is 8.29. The van der Waals surface area contributed by atoms with Gasteiger partial charge in [0.25, 0.3) is 5.56 Å². The average molecular weight is 258 g/mol. The monoisotopic (exact) mass is 258 g/mol. The number of carboxylic acid groups (broad SMARTS) is 1. The van der Waals surface area contributed by atoms with Crippen molar-refractivity contribution in [2.45, 2.75) is 6.18 Å². The molecule has 5 nitrogen and oxygen atoms in total. The third-order valence-electron chi connectivity index (χ3n) is 2.21. The molecule has 94 valence electrons. The third kappa shape index (κ3) is 2.04. The molecule has 0 radical (unpaired) electrons. The highest BCUT2D eigenvalue weighted by atomic mass is 19.4. The van der Waals surface area contributed by atoms with Crippen LogP contribution in [-0.4, -0.2) is 20.5 Å². The maximum absolute atomic E-state index is 12.4. The summed E-state index contributed by atoms with van der Waals surface area (Å²) in [6, 6.07) is 2.08. The number of nitrogens with zero attached hydrogens (tertiary/aromatic N) is 2. The number of alkyl halides is 3. The molecule has 0 saturated carbocycles. The molecule has 2 aromatic heterocycles. The molecule has 2 rings (SSSR count). The van der Waals surface area contributed by atoms with E-state index < -0.39 is 29.0 Å². The molecule has 0 aliphatic rings. The van der Waals surface area contributed by atoms with Gasteiger partial charge in [0.05, 0.1) is 5.56 Å². The summed E-state index contributed by atoms with van der Waals surface area (Å²) in [4.78, 5) is 25.6. The van der Waals surface area contributed by atoms with Crippen molar-refractivity contribution in [3.8, 4) is 0 Å². The SMILES string of the molecule is O=C(O)c1cc(=O)n2ccc(C(F)(F)F)cc2n1. The Hall–Kier alpha value is -2.38. The number of rotatable bonds is 1. The predicted octanol–water partition coefficient (Wildman–Crippen LogP) is 1.41. The fraction of sp³-hybridized carbons (Fsp3) is 0.100. The molecule has 0 bridgehead atoms. The third-order valence-corrected chi connectivity index (χ3v) is 2.21. The molecule has 0 unspecified atom stereocenters. The number of carbonyl (C=O) groups is 1. The van der Waals surface area contributed by atoms with Crippen LogP contribution in [0.4, 0.5) is 13.2 Å². The Labute approximate surface area is 97.1 Å². The van der Waals surface area contributed by atoms with E-state index in [0.717, 1.165) is 22.7 Å². The fourth-order valence-electron chi connectivity index (χ4n) is 1.39. The molecule has 0 atom stereocenters. The summed E-state index contributed by atoms with van der Waals surface area (Å²) in [5.74, 6) is -1.48. The minimum atomic E-state index is -4.58. The van der Waals surface area contributed by atoms with E-state index in [2.05, 4.69) is 4.98 Å². The lowest BCUT2D eigenvalue weighted by molar-refractivity contribution is -0.137. The van der Waals surface area contributed by atoms with Gasteiger partial charge in [-0.25, -0.2) is 9.78 Å². The molecule has 18 heavy (non-hydrogen) atoms. The van der Waals surface area contributed by atoms with Gasteiger partial charge in [-0.3, -0.25) is 9.20 Å². The van der Waals surface area contributed by atoms with Gasteiger partial charge in [0.2, 0.25) is 0 Å². The summed E-state index contributed by atoms with van der Waals surface area (Å²) >= 11 is 0. The molecule has 0 aliphatic heterocycles. The average Bonchev–Trinajstić information content (AvgIpc) is 2.26. The minimum Gasteiger partial charge on any atom is -0.477 e. The second-order valence-electron chi connectivity index (χ2n) is 3.43. The van der Waals surface area contributed by atoms with Gasteiger partial charge >= 0.3 is 12.1 Å². The zero-order valence-corrected chi connectivity index (χ0v) is 8.60. The van der Waals surface area contributed by atoms with Crippen molar-refractivity contribution < 1.29 is 23.1 Å². The Morgan fingerprint density at radius 1 is 1.33 bits per heavy atom. The first kappa shape index (κ1) is 12.1. The fourth-order valence-corrected chi connectivity index (χ4v) is 1.39. The smallest absolute Gasteiger partial charge is 0.416 e. The molecular weight excluding hydrogens is 253 g/mol. The molecule has 0 aromatic carbocycles.